The molecule has 2 rings (SSSR count). The van der Waals surface area contributed by atoms with Gasteiger partial charge in [-0.3, -0.25) is 9.59 Å². The average molecular weight is 302 g/mol. The minimum absolute atomic E-state index is 0.0478. The van der Waals surface area contributed by atoms with E-state index in [4.69, 9.17) is 28.3 Å². The normalized spacial score (nSPS) is 18.6. The Morgan fingerprint density at radius 2 is 1.95 bits per heavy atom. The number of hydrogen-bond acceptors (Lipinski definition) is 2. The van der Waals surface area contributed by atoms with Crippen molar-refractivity contribution in [1.82, 2.24) is 4.90 Å². The first-order valence-corrected chi connectivity index (χ1v) is 6.73. The van der Waals surface area contributed by atoms with Gasteiger partial charge in [0.15, 0.2) is 0 Å². The summed E-state index contributed by atoms with van der Waals surface area (Å²) in [6.45, 7) is 0.540. The van der Waals surface area contributed by atoms with E-state index in [0.717, 1.165) is 6.42 Å². The number of carboxylic acid groups (broad SMARTS) is 1. The highest BCUT2D eigenvalue weighted by molar-refractivity contribution is 6.39. The Hall–Kier alpha value is -1.26. The van der Waals surface area contributed by atoms with Crippen LogP contribution >= 0.6 is 23.2 Å². The molecule has 1 aromatic rings. The van der Waals surface area contributed by atoms with Crippen LogP contribution in [0, 0.1) is 0 Å². The first-order chi connectivity index (χ1) is 9.00. The summed E-state index contributed by atoms with van der Waals surface area (Å²) in [5.41, 5.74) is 0.253. The number of likely N-dealkylation sites (tertiary alicyclic amines) is 1. The van der Waals surface area contributed by atoms with Crippen molar-refractivity contribution in [3.05, 3.63) is 33.8 Å². The summed E-state index contributed by atoms with van der Waals surface area (Å²) in [4.78, 5) is 24.8. The molecule has 1 saturated heterocycles. The monoisotopic (exact) mass is 301 g/mol. The Morgan fingerprint density at radius 3 is 2.53 bits per heavy atom. The number of amides is 1. The Balaban J connectivity index is 2.26. The third-order valence-corrected chi connectivity index (χ3v) is 3.85. The van der Waals surface area contributed by atoms with E-state index in [2.05, 4.69) is 0 Å². The third-order valence-electron chi connectivity index (χ3n) is 3.22. The molecule has 19 heavy (non-hydrogen) atoms. The van der Waals surface area contributed by atoms with Crippen molar-refractivity contribution in [2.24, 2.45) is 0 Å². The fourth-order valence-corrected chi connectivity index (χ4v) is 2.92. The van der Waals surface area contributed by atoms with Gasteiger partial charge in [0.2, 0.25) is 0 Å². The highest BCUT2D eigenvalue weighted by Crippen LogP contribution is 2.29. The second-order valence-electron chi connectivity index (χ2n) is 4.49. The summed E-state index contributed by atoms with van der Waals surface area (Å²) in [6, 6.07) is 4.59. The number of rotatable bonds is 3. The van der Waals surface area contributed by atoms with Crippen molar-refractivity contribution in [3.63, 3.8) is 0 Å². The molecule has 1 fully saturated rings. The molecule has 0 bridgehead atoms. The van der Waals surface area contributed by atoms with Crippen LogP contribution in [0.3, 0.4) is 0 Å². The topological polar surface area (TPSA) is 57.6 Å². The van der Waals surface area contributed by atoms with Crippen LogP contribution in [-0.4, -0.2) is 34.5 Å². The van der Waals surface area contributed by atoms with Gasteiger partial charge in [0.05, 0.1) is 22.0 Å². The number of carbonyl (C=O) groups excluding carboxylic acids is 1. The van der Waals surface area contributed by atoms with E-state index in [-0.39, 0.29) is 23.9 Å². The lowest BCUT2D eigenvalue weighted by molar-refractivity contribution is -0.137. The maximum atomic E-state index is 12.4. The van der Waals surface area contributed by atoms with Crippen LogP contribution in [0.5, 0.6) is 0 Å². The molecule has 6 heteroatoms. The average Bonchev–Trinajstić information content (AvgIpc) is 2.75. The van der Waals surface area contributed by atoms with Crippen LogP contribution in [0.25, 0.3) is 0 Å². The quantitative estimate of drug-likeness (QED) is 0.933. The van der Waals surface area contributed by atoms with Gasteiger partial charge in [-0.05, 0) is 25.0 Å². The van der Waals surface area contributed by atoms with Crippen molar-refractivity contribution in [3.8, 4) is 0 Å². The van der Waals surface area contributed by atoms with Crippen molar-refractivity contribution in [2.45, 2.75) is 25.3 Å². The molecule has 0 saturated carbocycles. The number of halogens is 2. The van der Waals surface area contributed by atoms with E-state index in [0.29, 0.717) is 23.0 Å². The van der Waals surface area contributed by atoms with Crippen molar-refractivity contribution < 1.29 is 14.7 Å². The fraction of sp³-hybridized carbons (Fsp3) is 0.385. The van der Waals surface area contributed by atoms with Crippen LogP contribution in [-0.2, 0) is 4.79 Å². The largest absolute Gasteiger partial charge is 0.481 e. The highest BCUT2D eigenvalue weighted by Gasteiger charge is 2.32. The van der Waals surface area contributed by atoms with Gasteiger partial charge in [0.1, 0.15) is 0 Å². The molecule has 1 heterocycles. The number of carboxylic acids is 1. The van der Waals surface area contributed by atoms with Crippen LogP contribution < -0.4 is 0 Å². The number of benzene rings is 1. The molecule has 0 spiro atoms. The van der Waals surface area contributed by atoms with Gasteiger partial charge in [-0.25, -0.2) is 0 Å². The van der Waals surface area contributed by atoms with E-state index in [1.807, 2.05) is 0 Å². The van der Waals surface area contributed by atoms with Crippen LogP contribution in [0.1, 0.15) is 29.6 Å². The predicted octanol–water partition coefficient (Wildman–Crippen LogP) is 3.07. The van der Waals surface area contributed by atoms with Crippen molar-refractivity contribution in [1.29, 1.82) is 0 Å². The number of aliphatic carboxylic acids is 1. The fourth-order valence-electron chi connectivity index (χ4n) is 2.36. The Labute approximate surface area is 120 Å². The van der Waals surface area contributed by atoms with Gasteiger partial charge in [0, 0.05) is 12.6 Å². The van der Waals surface area contributed by atoms with E-state index >= 15 is 0 Å². The molecule has 1 unspecified atom stereocenters. The molecule has 102 valence electrons. The highest BCUT2D eigenvalue weighted by atomic mass is 35.5. The summed E-state index contributed by atoms with van der Waals surface area (Å²) in [5.74, 6) is -1.20. The molecule has 1 aliphatic heterocycles. The first-order valence-electron chi connectivity index (χ1n) is 5.97. The SMILES string of the molecule is O=C(O)CC1CCCN1C(=O)c1c(Cl)cccc1Cl. The van der Waals surface area contributed by atoms with E-state index in [1.54, 1.807) is 23.1 Å². The number of carbonyl (C=O) groups is 2. The molecule has 0 radical (unpaired) electrons. The zero-order valence-electron chi connectivity index (χ0n) is 10.1. The van der Waals surface area contributed by atoms with E-state index < -0.39 is 5.97 Å². The van der Waals surface area contributed by atoms with Gasteiger partial charge < -0.3 is 10.0 Å². The molecule has 0 aromatic heterocycles. The van der Waals surface area contributed by atoms with Gasteiger partial charge in [-0.15, -0.1) is 0 Å². The molecule has 1 aromatic carbocycles. The minimum Gasteiger partial charge on any atom is -0.481 e. The standard InChI is InChI=1S/C13H13Cl2NO3/c14-9-4-1-5-10(15)12(9)13(19)16-6-2-3-8(16)7-11(17)18/h1,4-5,8H,2-3,6-7H2,(H,17,18). The van der Waals surface area contributed by atoms with Gasteiger partial charge >= 0.3 is 5.97 Å². The smallest absolute Gasteiger partial charge is 0.305 e. The second kappa shape index (κ2) is 5.80. The number of hydrogen-bond donors (Lipinski definition) is 1. The second-order valence-corrected chi connectivity index (χ2v) is 5.30. The molecular weight excluding hydrogens is 289 g/mol. The summed E-state index contributed by atoms with van der Waals surface area (Å²) in [7, 11) is 0. The molecule has 1 N–H and O–H groups in total. The minimum atomic E-state index is -0.907. The zero-order valence-corrected chi connectivity index (χ0v) is 11.6. The Kier molecular flexibility index (Phi) is 4.32. The van der Waals surface area contributed by atoms with Gasteiger partial charge in [-0.2, -0.15) is 0 Å². The number of nitrogens with zero attached hydrogens (tertiary/aromatic N) is 1. The molecular formula is C13H13Cl2NO3. The Morgan fingerprint density at radius 1 is 1.32 bits per heavy atom. The van der Waals surface area contributed by atoms with Crippen molar-refractivity contribution in [2.75, 3.05) is 6.54 Å². The maximum Gasteiger partial charge on any atom is 0.305 e. The maximum absolute atomic E-state index is 12.4. The molecule has 0 aliphatic carbocycles. The summed E-state index contributed by atoms with van der Waals surface area (Å²) >= 11 is 12.0. The molecule has 4 nitrogen and oxygen atoms in total. The third kappa shape index (κ3) is 3.01. The van der Waals surface area contributed by atoms with E-state index in [1.165, 1.54) is 0 Å². The molecule has 1 amide bonds. The van der Waals surface area contributed by atoms with Crippen LogP contribution in [0.2, 0.25) is 10.0 Å². The molecule has 1 atom stereocenters. The van der Waals surface area contributed by atoms with Crippen LogP contribution in [0.4, 0.5) is 0 Å². The lowest BCUT2D eigenvalue weighted by atomic mass is 10.1. The summed E-state index contributed by atoms with van der Waals surface area (Å²) in [5, 5.41) is 9.44. The summed E-state index contributed by atoms with van der Waals surface area (Å²) < 4.78 is 0. The lowest BCUT2D eigenvalue weighted by Crippen LogP contribution is -2.37. The van der Waals surface area contributed by atoms with Gasteiger partial charge in [-0.1, -0.05) is 29.3 Å². The predicted molar refractivity (Wildman–Crippen MR) is 72.8 cm³/mol. The molecule has 1 aliphatic rings. The van der Waals surface area contributed by atoms with E-state index in [9.17, 15) is 9.59 Å². The lowest BCUT2D eigenvalue weighted by Gasteiger charge is -2.24. The van der Waals surface area contributed by atoms with Gasteiger partial charge in [0.25, 0.3) is 5.91 Å². The summed E-state index contributed by atoms with van der Waals surface area (Å²) in [6.07, 6.45) is 1.44. The van der Waals surface area contributed by atoms with Crippen LogP contribution in [0.15, 0.2) is 18.2 Å². The first kappa shape index (κ1) is 14.2. The Bertz CT molecular complexity index is 498. The zero-order chi connectivity index (χ0) is 14.0. The van der Waals surface area contributed by atoms with Crippen molar-refractivity contribution >= 4 is 35.1 Å².